The smallest absolute Gasteiger partial charge is 0.339 e. The van der Waals surface area contributed by atoms with Crippen LogP contribution in [-0.4, -0.2) is 29.4 Å². The average Bonchev–Trinajstić information content (AvgIpc) is 3.05. The number of carbonyl (C=O) groups excluding carboxylic acids is 2. The monoisotopic (exact) mass is 374 g/mol. The number of halogens is 1. The number of ether oxygens (including phenoxy) is 1. The summed E-state index contributed by atoms with van der Waals surface area (Å²) in [6.07, 6.45) is -0.283. The van der Waals surface area contributed by atoms with Gasteiger partial charge in [-0.1, -0.05) is 29.8 Å². The Labute approximate surface area is 154 Å². The SMILES string of the molecule is C[C@@H](OC(=O)c1ccc(Cl)c([N+](=O)[O-])c1)C(=O)N1CCc2ccccc21. The lowest BCUT2D eigenvalue weighted by Gasteiger charge is -2.21. The second kappa shape index (κ2) is 7.13. The van der Waals surface area contributed by atoms with Crippen molar-refractivity contribution in [2.75, 3.05) is 11.4 Å². The van der Waals surface area contributed by atoms with E-state index in [0.717, 1.165) is 23.7 Å². The molecule has 134 valence electrons. The maximum atomic E-state index is 12.6. The van der Waals surface area contributed by atoms with Gasteiger partial charge in [0.1, 0.15) is 5.02 Å². The van der Waals surface area contributed by atoms with E-state index in [9.17, 15) is 19.7 Å². The predicted molar refractivity (Wildman–Crippen MR) is 95.5 cm³/mol. The minimum atomic E-state index is -1.02. The van der Waals surface area contributed by atoms with Gasteiger partial charge in [0.25, 0.3) is 11.6 Å². The van der Waals surface area contributed by atoms with Crippen LogP contribution in [0.3, 0.4) is 0 Å². The van der Waals surface area contributed by atoms with Crippen LogP contribution in [0.15, 0.2) is 42.5 Å². The van der Waals surface area contributed by atoms with E-state index in [4.69, 9.17) is 16.3 Å². The molecule has 7 nitrogen and oxygen atoms in total. The molecule has 0 spiro atoms. The van der Waals surface area contributed by atoms with Crippen molar-refractivity contribution in [3.8, 4) is 0 Å². The van der Waals surface area contributed by atoms with Crippen LogP contribution in [0.5, 0.6) is 0 Å². The molecule has 1 aliphatic heterocycles. The van der Waals surface area contributed by atoms with Crippen LogP contribution >= 0.6 is 11.6 Å². The predicted octanol–water partition coefficient (Wildman–Crippen LogP) is 3.38. The molecule has 1 aliphatic rings. The number of para-hydroxylation sites is 1. The van der Waals surface area contributed by atoms with Crippen molar-refractivity contribution in [1.82, 2.24) is 0 Å². The Hall–Kier alpha value is -2.93. The molecule has 0 aliphatic carbocycles. The van der Waals surface area contributed by atoms with Gasteiger partial charge in [-0.2, -0.15) is 0 Å². The number of hydrogen-bond donors (Lipinski definition) is 0. The van der Waals surface area contributed by atoms with E-state index in [-0.39, 0.29) is 16.5 Å². The minimum absolute atomic E-state index is 0.0393. The van der Waals surface area contributed by atoms with E-state index in [1.54, 1.807) is 4.90 Å². The number of nitro groups is 1. The number of fused-ring (bicyclic) bond motifs is 1. The maximum absolute atomic E-state index is 12.6. The van der Waals surface area contributed by atoms with Crippen molar-refractivity contribution < 1.29 is 19.2 Å². The normalized spacial score (nSPS) is 13.8. The van der Waals surface area contributed by atoms with Gasteiger partial charge in [-0.3, -0.25) is 14.9 Å². The quantitative estimate of drug-likeness (QED) is 0.465. The molecule has 0 N–H and O–H groups in total. The van der Waals surface area contributed by atoms with Crippen molar-refractivity contribution >= 4 is 34.9 Å². The molecule has 0 fully saturated rings. The first-order valence-electron chi connectivity index (χ1n) is 7.92. The van der Waals surface area contributed by atoms with E-state index >= 15 is 0 Å². The Morgan fingerprint density at radius 3 is 2.73 bits per heavy atom. The van der Waals surface area contributed by atoms with Crippen molar-refractivity contribution in [2.24, 2.45) is 0 Å². The van der Waals surface area contributed by atoms with Crippen LogP contribution in [0, 0.1) is 10.1 Å². The third kappa shape index (κ3) is 3.39. The van der Waals surface area contributed by atoms with Gasteiger partial charge in [0.15, 0.2) is 6.10 Å². The van der Waals surface area contributed by atoms with Crippen LogP contribution < -0.4 is 4.90 Å². The number of nitro benzene ring substituents is 1. The summed E-state index contributed by atoms with van der Waals surface area (Å²) in [5.74, 6) is -1.16. The molecule has 0 aromatic heterocycles. The van der Waals surface area contributed by atoms with Gasteiger partial charge in [0.05, 0.1) is 10.5 Å². The van der Waals surface area contributed by atoms with Gasteiger partial charge in [-0.15, -0.1) is 0 Å². The highest BCUT2D eigenvalue weighted by molar-refractivity contribution is 6.32. The molecule has 2 aromatic rings. The molecular formula is C18H15ClN2O5. The summed E-state index contributed by atoms with van der Waals surface area (Å²) in [7, 11) is 0. The fraction of sp³-hybridized carbons (Fsp3) is 0.222. The zero-order valence-corrected chi connectivity index (χ0v) is 14.6. The van der Waals surface area contributed by atoms with Gasteiger partial charge < -0.3 is 9.64 Å². The van der Waals surface area contributed by atoms with Crippen molar-refractivity contribution in [1.29, 1.82) is 0 Å². The summed E-state index contributed by atoms with van der Waals surface area (Å²) in [5, 5.41) is 10.8. The Balaban J connectivity index is 1.73. The average molecular weight is 375 g/mol. The summed E-state index contributed by atoms with van der Waals surface area (Å²) in [5.41, 5.74) is 1.44. The van der Waals surface area contributed by atoms with Crippen molar-refractivity contribution in [2.45, 2.75) is 19.4 Å². The molecule has 1 atom stereocenters. The molecule has 26 heavy (non-hydrogen) atoms. The van der Waals surface area contributed by atoms with Crippen LogP contribution in [-0.2, 0) is 16.0 Å². The summed E-state index contributed by atoms with van der Waals surface area (Å²) in [6.45, 7) is 2.00. The van der Waals surface area contributed by atoms with Gasteiger partial charge in [-0.25, -0.2) is 4.79 Å². The second-order valence-corrected chi connectivity index (χ2v) is 6.25. The second-order valence-electron chi connectivity index (χ2n) is 5.84. The van der Waals surface area contributed by atoms with Gasteiger partial charge in [-0.05, 0) is 37.1 Å². The molecule has 8 heteroatoms. The highest BCUT2D eigenvalue weighted by Gasteiger charge is 2.30. The number of benzene rings is 2. The lowest BCUT2D eigenvalue weighted by atomic mass is 10.2. The first-order valence-corrected chi connectivity index (χ1v) is 8.30. The molecule has 2 aromatic carbocycles. The zero-order valence-electron chi connectivity index (χ0n) is 13.8. The number of amides is 1. The van der Waals surface area contributed by atoms with Gasteiger partial charge in [0, 0.05) is 18.3 Å². The van der Waals surface area contributed by atoms with Crippen LogP contribution in [0.4, 0.5) is 11.4 Å². The van der Waals surface area contributed by atoms with E-state index < -0.39 is 22.7 Å². The topological polar surface area (TPSA) is 89.7 Å². The third-order valence-electron chi connectivity index (χ3n) is 4.16. The molecule has 0 saturated carbocycles. The highest BCUT2D eigenvalue weighted by Crippen LogP contribution is 2.29. The maximum Gasteiger partial charge on any atom is 0.339 e. The van der Waals surface area contributed by atoms with Crippen LogP contribution in [0.1, 0.15) is 22.8 Å². The van der Waals surface area contributed by atoms with Gasteiger partial charge in [0.2, 0.25) is 0 Å². The van der Waals surface area contributed by atoms with E-state index in [2.05, 4.69) is 0 Å². The number of esters is 1. The van der Waals surface area contributed by atoms with Crippen molar-refractivity contribution in [3.63, 3.8) is 0 Å². The summed E-state index contributed by atoms with van der Waals surface area (Å²) < 4.78 is 5.20. The Morgan fingerprint density at radius 2 is 2.00 bits per heavy atom. The lowest BCUT2D eigenvalue weighted by molar-refractivity contribution is -0.384. The molecule has 0 radical (unpaired) electrons. The van der Waals surface area contributed by atoms with Crippen LogP contribution in [0.2, 0.25) is 5.02 Å². The summed E-state index contributed by atoms with van der Waals surface area (Å²) in [6, 6.07) is 11.1. The Kier molecular flexibility index (Phi) is 4.90. The first kappa shape index (κ1) is 17.9. The molecule has 0 unspecified atom stereocenters. The number of carbonyl (C=O) groups is 2. The molecular weight excluding hydrogens is 360 g/mol. The largest absolute Gasteiger partial charge is 0.449 e. The molecule has 1 amide bonds. The standard InChI is InChI=1S/C18H15ClN2O5/c1-11(17(22)20-9-8-12-4-2-3-5-15(12)20)26-18(23)13-6-7-14(19)16(10-13)21(24)25/h2-7,10-11H,8-9H2,1H3/t11-/m1/s1. The molecule has 1 heterocycles. The summed E-state index contributed by atoms with van der Waals surface area (Å²) in [4.78, 5) is 36.7. The Morgan fingerprint density at radius 1 is 1.27 bits per heavy atom. The highest BCUT2D eigenvalue weighted by atomic mass is 35.5. The molecule has 3 rings (SSSR count). The minimum Gasteiger partial charge on any atom is -0.449 e. The van der Waals surface area contributed by atoms with E-state index in [0.29, 0.717) is 6.54 Å². The van der Waals surface area contributed by atoms with Crippen LogP contribution in [0.25, 0.3) is 0 Å². The fourth-order valence-electron chi connectivity index (χ4n) is 2.85. The number of anilines is 1. The third-order valence-corrected chi connectivity index (χ3v) is 4.48. The lowest BCUT2D eigenvalue weighted by Crippen LogP contribution is -2.39. The molecule has 0 saturated heterocycles. The number of hydrogen-bond acceptors (Lipinski definition) is 5. The van der Waals surface area contributed by atoms with E-state index in [1.807, 2.05) is 24.3 Å². The zero-order chi connectivity index (χ0) is 18.8. The number of rotatable bonds is 4. The van der Waals surface area contributed by atoms with E-state index in [1.165, 1.54) is 19.1 Å². The number of nitrogens with zero attached hydrogens (tertiary/aromatic N) is 2. The van der Waals surface area contributed by atoms with Gasteiger partial charge >= 0.3 is 5.97 Å². The van der Waals surface area contributed by atoms with Crippen molar-refractivity contribution in [3.05, 3.63) is 68.7 Å². The molecule has 0 bridgehead atoms. The first-order chi connectivity index (χ1) is 12.4. The fourth-order valence-corrected chi connectivity index (χ4v) is 3.03. The Bertz CT molecular complexity index is 899. The summed E-state index contributed by atoms with van der Waals surface area (Å²) >= 11 is 5.73.